The van der Waals surface area contributed by atoms with Gasteiger partial charge in [0.1, 0.15) is 6.26 Å². The van der Waals surface area contributed by atoms with E-state index >= 15 is 0 Å². The van der Waals surface area contributed by atoms with Gasteiger partial charge in [-0.25, -0.2) is 4.72 Å². The number of carbonyl (C=O) groups is 1. The molecule has 172 valence electrons. The smallest absolute Gasteiger partial charge is 0.416 e. The van der Waals surface area contributed by atoms with Gasteiger partial charge in [0.15, 0.2) is 5.69 Å². The van der Waals surface area contributed by atoms with Crippen LogP contribution < -0.4 is 10.0 Å². The highest BCUT2D eigenvalue weighted by atomic mass is 32.2. The third-order valence-electron chi connectivity index (χ3n) is 4.17. The monoisotopic (exact) mass is 464 g/mol. The Hall–Kier alpha value is -2.64. The van der Waals surface area contributed by atoms with Gasteiger partial charge in [0, 0.05) is 25.4 Å². The standard InChI is InChI=1S/C18H23F3N4O5S/c1-11(2)25(7-8-29-4)31(27,28)24-16(26)15-10-30-17(23-15)22-14-9-13(18(19,20)21)6-5-12(14)3/h5-6,9-11H,7-8H2,1-4H3,(H,22,23)(H,24,26). The van der Waals surface area contributed by atoms with Gasteiger partial charge in [-0.3, -0.25) is 4.79 Å². The van der Waals surface area contributed by atoms with Crippen molar-refractivity contribution < 1.29 is 35.5 Å². The molecule has 0 saturated carbocycles. The summed E-state index contributed by atoms with van der Waals surface area (Å²) < 4.78 is 76.6. The van der Waals surface area contributed by atoms with E-state index < -0.39 is 33.9 Å². The number of rotatable bonds is 9. The molecule has 31 heavy (non-hydrogen) atoms. The van der Waals surface area contributed by atoms with E-state index in [1.54, 1.807) is 20.8 Å². The predicted molar refractivity (Wildman–Crippen MR) is 106 cm³/mol. The van der Waals surface area contributed by atoms with Crippen LogP contribution in [0.1, 0.15) is 35.5 Å². The van der Waals surface area contributed by atoms with Gasteiger partial charge in [0.2, 0.25) is 0 Å². The van der Waals surface area contributed by atoms with Crippen LogP contribution in [0.5, 0.6) is 0 Å². The number of ether oxygens (including phenoxy) is 1. The first kappa shape index (κ1) is 24.6. The highest BCUT2D eigenvalue weighted by Crippen LogP contribution is 2.32. The molecule has 0 bridgehead atoms. The number of oxazole rings is 1. The summed E-state index contributed by atoms with van der Waals surface area (Å²) in [7, 11) is -2.78. The molecule has 0 aliphatic carbocycles. The number of nitrogens with zero attached hydrogens (tertiary/aromatic N) is 2. The van der Waals surface area contributed by atoms with Gasteiger partial charge in [-0.15, -0.1) is 0 Å². The molecule has 1 aromatic heterocycles. The molecule has 9 nitrogen and oxygen atoms in total. The minimum atomic E-state index is -4.54. The lowest BCUT2D eigenvalue weighted by molar-refractivity contribution is -0.137. The number of halogens is 3. The van der Waals surface area contributed by atoms with E-state index in [4.69, 9.17) is 9.15 Å². The zero-order chi connectivity index (χ0) is 23.4. The lowest BCUT2D eigenvalue weighted by atomic mass is 10.1. The van der Waals surface area contributed by atoms with Gasteiger partial charge in [-0.2, -0.15) is 30.9 Å². The van der Waals surface area contributed by atoms with Crippen LogP contribution >= 0.6 is 0 Å². The van der Waals surface area contributed by atoms with Crippen molar-refractivity contribution in [2.75, 3.05) is 25.6 Å². The van der Waals surface area contributed by atoms with Crippen LogP contribution in [0, 0.1) is 6.92 Å². The molecule has 2 aromatic rings. The van der Waals surface area contributed by atoms with Crippen molar-refractivity contribution in [2.45, 2.75) is 33.0 Å². The summed E-state index contributed by atoms with van der Waals surface area (Å²) >= 11 is 0. The third kappa shape index (κ3) is 6.42. The van der Waals surface area contributed by atoms with Crippen LogP contribution in [0.4, 0.5) is 24.9 Å². The molecular formula is C18H23F3N4O5S. The second kappa shape index (κ2) is 9.66. The fourth-order valence-corrected chi connectivity index (χ4v) is 3.87. The molecule has 2 N–H and O–H groups in total. The minimum Gasteiger partial charge on any atom is -0.431 e. The topological polar surface area (TPSA) is 114 Å². The van der Waals surface area contributed by atoms with E-state index in [9.17, 15) is 26.4 Å². The lowest BCUT2D eigenvalue weighted by Crippen LogP contribution is -2.48. The first-order chi connectivity index (χ1) is 14.3. The Bertz CT molecular complexity index is 1020. The Kier molecular flexibility index (Phi) is 7.68. The van der Waals surface area contributed by atoms with Crippen molar-refractivity contribution in [3.63, 3.8) is 0 Å². The van der Waals surface area contributed by atoms with Crippen molar-refractivity contribution in [3.8, 4) is 0 Å². The number of amides is 1. The summed E-state index contributed by atoms with van der Waals surface area (Å²) in [5.41, 5.74) is -0.695. The predicted octanol–water partition coefficient (Wildman–Crippen LogP) is 3.08. The lowest BCUT2D eigenvalue weighted by Gasteiger charge is -2.25. The van der Waals surface area contributed by atoms with E-state index in [0.29, 0.717) is 5.56 Å². The molecule has 0 aliphatic rings. The molecule has 1 amide bonds. The number of carbonyl (C=O) groups excluding carboxylic acids is 1. The fraction of sp³-hybridized carbons (Fsp3) is 0.444. The maximum Gasteiger partial charge on any atom is 0.416 e. The molecule has 0 fully saturated rings. The van der Waals surface area contributed by atoms with Crippen LogP contribution in [-0.4, -0.2) is 49.9 Å². The Morgan fingerprint density at radius 3 is 2.58 bits per heavy atom. The van der Waals surface area contributed by atoms with Crippen molar-refractivity contribution in [1.29, 1.82) is 0 Å². The van der Waals surface area contributed by atoms with Crippen molar-refractivity contribution in [1.82, 2.24) is 14.0 Å². The van der Waals surface area contributed by atoms with Gasteiger partial charge < -0.3 is 14.5 Å². The minimum absolute atomic E-state index is 0.0250. The van der Waals surface area contributed by atoms with Crippen LogP contribution in [0.3, 0.4) is 0 Å². The summed E-state index contributed by atoms with van der Waals surface area (Å²) in [6.07, 6.45) is -3.64. The van der Waals surface area contributed by atoms with E-state index in [1.165, 1.54) is 13.2 Å². The summed E-state index contributed by atoms with van der Waals surface area (Å²) in [6.45, 7) is 4.99. The number of hydrogen-bond acceptors (Lipinski definition) is 7. The Morgan fingerprint density at radius 1 is 1.32 bits per heavy atom. The average Bonchev–Trinajstić information content (AvgIpc) is 3.11. The summed E-state index contributed by atoms with van der Waals surface area (Å²) in [6, 6.07) is 2.36. The molecular weight excluding hydrogens is 441 g/mol. The van der Waals surface area contributed by atoms with Gasteiger partial charge in [-0.1, -0.05) is 6.07 Å². The second-order valence-electron chi connectivity index (χ2n) is 6.82. The summed E-state index contributed by atoms with van der Waals surface area (Å²) in [4.78, 5) is 16.1. The number of methoxy groups -OCH3 is 1. The Balaban J connectivity index is 2.16. The van der Waals surface area contributed by atoms with Crippen LogP contribution in [-0.2, 0) is 21.1 Å². The molecule has 1 aromatic carbocycles. The van der Waals surface area contributed by atoms with Gasteiger partial charge in [0.25, 0.3) is 11.9 Å². The molecule has 0 spiro atoms. The van der Waals surface area contributed by atoms with E-state index in [0.717, 1.165) is 22.7 Å². The fourth-order valence-electron chi connectivity index (χ4n) is 2.55. The normalized spacial score (nSPS) is 12.4. The van der Waals surface area contributed by atoms with Crippen LogP contribution in [0.2, 0.25) is 0 Å². The molecule has 0 radical (unpaired) electrons. The molecule has 0 saturated heterocycles. The van der Waals surface area contributed by atoms with Crippen LogP contribution in [0.15, 0.2) is 28.9 Å². The SMILES string of the molecule is COCCN(C(C)C)S(=O)(=O)NC(=O)c1coc(Nc2cc(C(F)(F)F)ccc2C)n1. The van der Waals surface area contributed by atoms with Gasteiger partial charge in [-0.05, 0) is 38.5 Å². The molecule has 13 heteroatoms. The first-order valence-corrected chi connectivity index (χ1v) is 10.5. The van der Waals surface area contributed by atoms with E-state index in [-0.39, 0.29) is 30.5 Å². The number of hydrogen-bond donors (Lipinski definition) is 2. The van der Waals surface area contributed by atoms with Gasteiger partial charge in [0.05, 0.1) is 12.2 Å². The number of alkyl halides is 3. The molecule has 1 heterocycles. The first-order valence-electron chi connectivity index (χ1n) is 9.08. The molecule has 2 rings (SSSR count). The zero-order valence-electron chi connectivity index (χ0n) is 17.3. The van der Waals surface area contributed by atoms with Crippen LogP contribution in [0.25, 0.3) is 0 Å². The highest BCUT2D eigenvalue weighted by molar-refractivity contribution is 7.87. The van der Waals surface area contributed by atoms with Crippen molar-refractivity contribution in [2.24, 2.45) is 0 Å². The number of anilines is 2. The van der Waals surface area contributed by atoms with E-state index in [1.807, 2.05) is 4.72 Å². The third-order valence-corrected chi connectivity index (χ3v) is 5.83. The number of benzene rings is 1. The maximum atomic E-state index is 12.9. The number of aromatic nitrogens is 1. The largest absolute Gasteiger partial charge is 0.431 e. The zero-order valence-corrected chi connectivity index (χ0v) is 18.1. The number of nitrogens with one attached hydrogen (secondary N) is 2. The van der Waals surface area contributed by atoms with Crippen molar-refractivity contribution in [3.05, 3.63) is 41.3 Å². The highest BCUT2D eigenvalue weighted by Gasteiger charge is 2.31. The van der Waals surface area contributed by atoms with Crippen molar-refractivity contribution >= 4 is 27.8 Å². The number of aryl methyl sites for hydroxylation is 1. The molecule has 0 unspecified atom stereocenters. The van der Waals surface area contributed by atoms with Gasteiger partial charge >= 0.3 is 16.4 Å². The Labute approximate surface area is 177 Å². The Morgan fingerprint density at radius 2 is 2.00 bits per heavy atom. The molecule has 0 atom stereocenters. The average molecular weight is 464 g/mol. The summed E-state index contributed by atoms with van der Waals surface area (Å²) in [5, 5.41) is 2.56. The molecule has 0 aliphatic heterocycles. The van der Waals surface area contributed by atoms with E-state index in [2.05, 4.69) is 10.3 Å². The second-order valence-corrected chi connectivity index (χ2v) is 8.45. The quantitative estimate of drug-likeness (QED) is 0.586. The maximum absolute atomic E-state index is 12.9. The summed E-state index contributed by atoms with van der Waals surface area (Å²) in [5.74, 6) is -1.05.